The molecule has 100 valence electrons. The molecule has 0 spiro atoms. The second-order valence-electron chi connectivity index (χ2n) is 4.95. The Kier molecular flexibility index (Phi) is 6.58. The molecule has 0 aliphatic rings. The normalized spacial score (nSPS) is 12.4. The van der Waals surface area contributed by atoms with E-state index in [1.807, 2.05) is 18.3 Å². The first-order valence-corrected chi connectivity index (χ1v) is 6.81. The zero-order valence-electron chi connectivity index (χ0n) is 11.5. The van der Waals surface area contributed by atoms with Gasteiger partial charge >= 0.3 is 0 Å². The average Bonchev–Trinajstić information content (AvgIpc) is 2.38. The van der Waals surface area contributed by atoms with E-state index in [1.165, 1.54) is 5.56 Å². The standard InChI is InChI=1S/C15H24N2O/c1-3-13-5-6-14(17-11-13)10-15(18)7-4-12(2)8-9-16/h5-6,11-12H,3-4,7-10,16H2,1-2H3. The van der Waals surface area contributed by atoms with E-state index in [2.05, 4.69) is 18.8 Å². The average molecular weight is 248 g/mol. The Labute approximate surface area is 110 Å². The van der Waals surface area contributed by atoms with E-state index in [-0.39, 0.29) is 5.78 Å². The van der Waals surface area contributed by atoms with E-state index in [1.54, 1.807) is 0 Å². The lowest BCUT2D eigenvalue weighted by Gasteiger charge is -2.08. The van der Waals surface area contributed by atoms with Crippen LogP contribution in [0.1, 0.15) is 44.4 Å². The quantitative estimate of drug-likeness (QED) is 0.769. The van der Waals surface area contributed by atoms with Crippen LogP contribution in [0.5, 0.6) is 0 Å². The molecule has 3 nitrogen and oxygen atoms in total. The second kappa shape index (κ2) is 7.98. The Bertz CT molecular complexity index is 359. The number of hydrogen-bond donors (Lipinski definition) is 1. The molecule has 1 atom stereocenters. The van der Waals surface area contributed by atoms with Gasteiger partial charge in [-0.25, -0.2) is 0 Å². The molecule has 0 saturated carbocycles. The Hall–Kier alpha value is -1.22. The minimum absolute atomic E-state index is 0.274. The highest BCUT2D eigenvalue weighted by molar-refractivity contribution is 5.80. The monoisotopic (exact) mass is 248 g/mol. The highest BCUT2D eigenvalue weighted by Crippen LogP contribution is 2.11. The third-order valence-corrected chi connectivity index (χ3v) is 3.25. The van der Waals surface area contributed by atoms with Crippen molar-refractivity contribution in [3.8, 4) is 0 Å². The number of nitrogens with two attached hydrogens (primary N) is 1. The molecule has 0 aliphatic carbocycles. The minimum Gasteiger partial charge on any atom is -0.330 e. The number of carbonyl (C=O) groups is 1. The van der Waals surface area contributed by atoms with Crippen LogP contribution in [0.4, 0.5) is 0 Å². The molecule has 2 N–H and O–H groups in total. The third kappa shape index (κ3) is 5.41. The van der Waals surface area contributed by atoms with Crippen LogP contribution in [0.25, 0.3) is 0 Å². The molecule has 3 heteroatoms. The molecule has 1 rings (SSSR count). The van der Waals surface area contributed by atoms with Gasteiger partial charge < -0.3 is 5.73 Å². The van der Waals surface area contributed by atoms with Crippen molar-refractivity contribution >= 4 is 5.78 Å². The van der Waals surface area contributed by atoms with Crippen LogP contribution in [0.2, 0.25) is 0 Å². The van der Waals surface area contributed by atoms with E-state index in [9.17, 15) is 4.79 Å². The Morgan fingerprint density at radius 1 is 1.39 bits per heavy atom. The fraction of sp³-hybridized carbons (Fsp3) is 0.600. The zero-order valence-corrected chi connectivity index (χ0v) is 11.5. The summed E-state index contributed by atoms with van der Waals surface area (Å²) in [5.41, 5.74) is 7.58. The SMILES string of the molecule is CCc1ccc(CC(=O)CCC(C)CCN)nc1. The van der Waals surface area contributed by atoms with Crippen LogP contribution in [-0.2, 0) is 17.6 Å². The Morgan fingerprint density at radius 3 is 2.72 bits per heavy atom. The molecule has 0 saturated heterocycles. The summed E-state index contributed by atoms with van der Waals surface area (Å²) in [5, 5.41) is 0. The van der Waals surface area contributed by atoms with E-state index >= 15 is 0 Å². The smallest absolute Gasteiger partial charge is 0.138 e. The van der Waals surface area contributed by atoms with Crippen LogP contribution in [0.15, 0.2) is 18.3 Å². The number of rotatable bonds is 8. The number of aromatic nitrogens is 1. The minimum atomic E-state index is 0.274. The molecule has 1 aromatic heterocycles. The Balaban J connectivity index is 2.35. The van der Waals surface area contributed by atoms with Crippen molar-refractivity contribution < 1.29 is 4.79 Å². The van der Waals surface area contributed by atoms with E-state index in [0.717, 1.165) is 25.0 Å². The maximum atomic E-state index is 11.8. The summed E-state index contributed by atoms with van der Waals surface area (Å²) in [5.74, 6) is 0.810. The van der Waals surface area contributed by atoms with Crippen LogP contribution in [0.3, 0.4) is 0 Å². The molecule has 0 fully saturated rings. The van der Waals surface area contributed by atoms with Gasteiger partial charge in [-0.3, -0.25) is 9.78 Å². The summed E-state index contributed by atoms with van der Waals surface area (Å²) in [6, 6.07) is 4.01. The number of nitrogens with zero attached hydrogens (tertiary/aromatic N) is 1. The highest BCUT2D eigenvalue weighted by Gasteiger charge is 2.08. The number of pyridine rings is 1. The second-order valence-corrected chi connectivity index (χ2v) is 4.95. The lowest BCUT2D eigenvalue weighted by Crippen LogP contribution is -2.10. The van der Waals surface area contributed by atoms with Crippen LogP contribution >= 0.6 is 0 Å². The van der Waals surface area contributed by atoms with Crippen molar-refractivity contribution in [2.45, 2.75) is 46.0 Å². The zero-order chi connectivity index (χ0) is 13.4. The van der Waals surface area contributed by atoms with Gasteiger partial charge in [-0.15, -0.1) is 0 Å². The summed E-state index contributed by atoms with van der Waals surface area (Å²) in [6.45, 7) is 4.95. The number of carbonyl (C=O) groups excluding carboxylic acids is 1. The lowest BCUT2D eigenvalue weighted by atomic mass is 9.99. The maximum Gasteiger partial charge on any atom is 0.138 e. The van der Waals surface area contributed by atoms with Crippen LogP contribution in [-0.4, -0.2) is 17.3 Å². The first kappa shape index (κ1) is 14.8. The van der Waals surface area contributed by atoms with Gasteiger partial charge in [0.1, 0.15) is 5.78 Å². The van der Waals surface area contributed by atoms with Crippen molar-refractivity contribution in [3.05, 3.63) is 29.6 Å². The fourth-order valence-electron chi connectivity index (χ4n) is 1.90. The molecular formula is C15H24N2O. The lowest BCUT2D eigenvalue weighted by molar-refractivity contribution is -0.118. The van der Waals surface area contributed by atoms with Gasteiger partial charge in [0.05, 0.1) is 0 Å². The molecule has 0 radical (unpaired) electrons. The summed E-state index contributed by atoms with van der Waals surface area (Å²) in [4.78, 5) is 16.1. The number of hydrogen-bond acceptors (Lipinski definition) is 3. The molecule has 0 aromatic carbocycles. The number of aryl methyl sites for hydroxylation is 1. The highest BCUT2D eigenvalue weighted by atomic mass is 16.1. The van der Waals surface area contributed by atoms with Crippen molar-refractivity contribution in [1.29, 1.82) is 0 Å². The maximum absolute atomic E-state index is 11.8. The van der Waals surface area contributed by atoms with E-state index < -0.39 is 0 Å². The van der Waals surface area contributed by atoms with Crippen molar-refractivity contribution in [2.75, 3.05) is 6.54 Å². The van der Waals surface area contributed by atoms with Gasteiger partial charge in [0.25, 0.3) is 0 Å². The predicted octanol–water partition coefficient (Wildman–Crippen LogP) is 2.52. The summed E-state index contributed by atoms with van der Waals surface area (Å²) < 4.78 is 0. The molecule has 1 heterocycles. The Morgan fingerprint density at radius 2 is 2.17 bits per heavy atom. The first-order chi connectivity index (χ1) is 8.65. The topological polar surface area (TPSA) is 56.0 Å². The van der Waals surface area contributed by atoms with Gasteiger partial charge in [-0.2, -0.15) is 0 Å². The van der Waals surface area contributed by atoms with E-state index in [0.29, 0.717) is 25.3 Å². The summed E-state index contributed by atoms with van der Waals surface area (Å²) in [7, 11) is 0. The number of Topliss-reactive ketones (excluding diaryl/α,β-unsaturated/α-hetero) is 1. The van der Waals surface area contributed by atoms with Gasteiger partial charge in [-0.05, 0) is 43.4 Å². The van der Waals surface area contributed by atoms with Gasteiger partial charge in [-0.1, -0.05) is 19.9 Å². The fourth-order valence-corrected chi connectivity index (χ4v) is 1.90. The largest absolute Gasteiger partial charge is 0.330 e. The molecule has 18 heavy (non-hydrogen) atoms. The van der Waals surface area contributed by atoms with Crippen molar-refractivity contribution in [1.82, 2.24) is 4.98 Å². The summed E-state index contributed by atoms with van der Waals surface area (Å²) in [6.07, 6.45) is 5.87. The molecule has 1 aromatic rings. The van der Waals surface area contributed by atoms with Crippen LogP contribution in [0, 0.1) is 5.92 Å². The summed E-state index contributed by atoms with van der Waals surface area (Å²) >= 11 is 0. The van der Waals surface area contributed by atoms with Crippen molar-refractivity contribution in [2.24, 2.45) is 11.7 Å². The van der Waals surface area contributed by atoms with Gasteiger partial charge in [0.15, 0.2) is 0 Å². The van der Waals surface area contributed by atoms with Gasteiger partial charge in [0.2, 0.25) is 0 Å². The number of ketones is 1. The van der Waals surface area contributed by atoms with Gasteiger partial charge in [0, 0.05) is 24.7 Å². The van der Waals surface area contributed by atoms with Crippen LogP contribution < -0.4 is 5.73 Å². The van der Waals surface area contributed by atoms with Crippen molar-refractivity contribution in [3.63, 3.8) is 0 Å². The van der Waals surface area contributed by atoms with E-state index in [4.69, 9.17) is 5.73 Å². The molecule has 1 unspecified atom stereocenters. The predicted molar refractivity (Wildman–Crippen MR) is 74.4 cm³/mol. The molecule has 0 aliphatic heterocycles. The molecule has 0 bridgehead atoms. The molecule has 0 amide bonds. The first-order valence-electron chi connectivity index (χ1n) is 6.81. The molecular weight excluding hydrogens is 224 g/mol. The third-order valence-electron chi connectivity index (χ3n) is 3.25.